The highest BCUT2D eigenvalue weighted by atomic mass is 16.4. The number of amides is 1. The van der Waals surface area contributed by atoms with Gasteiger partial charge in [-0.2, -0.15) is 0 Å². The van der Waals surface area contributed by atoms with E-state index in [2.05, 4.69) is 5.32 Å². The molecule has 21 heavy (non-hydrogen) atoms. The fourth-order valence-corrected chi connectivity index (χ4v) is 1.96. The van der Waals surface area contributed by atoms with Gasteiger partial charge in [0.05, 0.1) is 0 Å². The maximum atomic E-state index is 12.3. The fraction of sp³-hybridized carbons (Fsp3) is 0.529. The molecule has 0 aliphatic rings. The Hall–Kier alpha value is -1.84. The monoisotopic (exact) mass is 291 g/mol. The topological polar surface area (TPSA) is 66.4 Å². The predicted octanol–water partition coefficient (Wildman–Crippen LogP) is 3.01. The second-order valence-corrected chi connectivity index (χ2v) is 6.03. The molecule has 0 bridgehead atoms. The van der Waals surface area contributed by atoms with Crippen molar-refractivity contribution in [1.82, 2.24) is 5.32 Å². The summed E-state index contributed by atoms with van der Waals surface area (Å²) < 4.78 is 0. The van der Waals surface area contributed by atoms with Crippen LogP contribution in [0.3, 0.4) is 0 Å². The zero-order valence-electron chi connectivity index (χ0n) is 13.1. The van der Waals surface area contributed by atoms with E-state index in [1.807, 2.05) is 51.1 Å². The molecule has 1 aromatic rings. The summed E-state index contributed by atoms with van der Waals surface area (Å²) in [6, 6.07) is 9.66. The first kappa shape index (κ1) is 17.2. The van der Waals surface area contributed by atoms with Gasteiger partial charge in [0.2, 0.25) is 5.91 Å². The molecule has 4 heteroatoms. The van der Waals surface area contributed by atoms with E-state index in [9.17, 15) is 9.59 Å². The van der Waals surface area contributed by atoms with Crippen LogP contribution in [0.1, 0.15) is 45.6 Å². The minimum Gasteiger partial charge on any atom is -0.481 e. The van der Waals surface area contributed by atoms with Gasteiger partial charge >= 0.3 is 5.97 Å². The molecule has 0 radical (unpaired) electrons. The number of rotatable bonds is 8. The Morgan fingerprint density at radius 1 is 1.24 bits per heavy atom. The number of nitrogens with one attached hydrogen (secondary N) is 1. The first-order valence-electron chi connectivity index (χ1n) is 7.42. The van der Waals surface area contributed by atoms with Crippen LogP contribution >= 0.6 is 0 Å². The van der Waals surface area contributed by atoms with Gasteiger partial charge in [0.15, 0.2) is 0 Å². The zero-order chi connectivity index (χ0) is 15.9. The number of hydrogen-bond acceptors (Lipinski definition) is 2. The van der Waals surface area contributed by atoms with Gasteiger partial charge in [-0.3, -0.25) is 9.59 Å². The Kier molecular flexibility index (Phi) is 6.40. The van der Waals surface area contributed by atoms with Crippen LogP contribution in [0.25, 0.3) is 0 Å². The minimum absolute atomic E-state index is 0.0173. The molecule has 1 atom stereocenters. The van der Waals surface area contributed by atoms with E-state index in [-0.39, 0.29) is 18.4 Å². The van der Waals surface area contributed by atoms with Crippen molar-refractivity contribution < 1.29 is 14.7 Å². The molecular weight excluding hydrogens is 266 g/mol. The molecule has 0 heterocycles. The Balaban J connectivity index is 2.72. The van der Waals surface area contributed by atoms with Gasteiger partial charge in [-0.15, -0.1) is 0 Å². The fourth-order valence-electron chi connectivity index (χ4n) is 1.96. The Bertz CT molecular complexity index is 468. The van der Waals surface area contributed by atoms with E-state index >= 15 is 0 Å². The molecule has 0 saturated carbocycles. The van der Waals surface area contributed by atoms with Crippen LogP contribution in [0.15, 0.2) is 30.3 Å². The van der Waals surface area contributed by atoms with Crippen LogP contribution in [0.5, 0.6) is 0 Å². The second-order valence-electron chi connectivity index (χ2n) is 6.03. The highest BCUT2D eigenvalue weighted by molar-refractivity contribution is 5.82. The molecule has 1 aromatic carbocycles. The van der Waals surface area contributed by atoms with Crippen LogP contribution in [-0.2, 0) is 16.0 Å². The summed E-state index contributed by atoms with van der Waals surface area (Å²) in [6.07, 6.45) is 1.90. The van der Waals surface area contributed by atoms with E-state index < -0.39 is 11.4 Å². The molecule has 0 spiro atoms. The Labute approximate surface area is 126 Å². The van der Waals surface area contributed by atoms with Gasteiger partial charge < -0.3 is 10.4 Å². The van der Waals surface area contributed by atoms with Crippen LogP contribution < -0.4 is 5.32 Å². The molecule has 1 rings (SSSR count). The van der Waals surface area contributed by atoms with Gasteiger partial charge in [-0.1, -0.05) is 51.1 Å². The summed E-state index contributed by atoms with van der Waals surface area (Å²) in [7, 11) is 0. The Morgan fingerprint density at radius 2 is 1.86 bits per heavy atom. The van der Waals surface area contributed by atoms with Crippen LogP contribution in [0.2, 0.25) is 0 Å². The number of benzene rings is 1. The average Bonchev–Trinajstić information content (AvgIpc) is 2.45. The summed E-state index contributed by atoms with van der Waals surface area (Å²) in [5.41, 5.74) is 0.667. The minimum atomic E-state index is -0.836. The highest BCUT2D eigenvalue weighted by Gasteiger charge is 2.27. The van der Waals surface area contributed by atoms with Gasteiger partial charge in [0.1, 0.15) is 0 Å². The first-order valence-corrected chi connectivity index (χ1v) is 7.42. The molecular formula is C17H25NO3. The highest BCUT2D eigenvalue weighted by Crippen LogP contribution is 2.20. The summed E-state index contributed by atoms with van der Waals surface area (Å²) in [5.74, 6) is -0.853. The third-order valence-corrected chi connectivity index (χ3v) is 3.87. The third-order valence-electron chi connectivity index (χ3n) is 3.87. The van der Waals surface area contributed by atoms with Crippen molar-refractivity contribution in [3.8, 4) is 0 Å². The molecule has 0 aliphatic carbocycles. The number of carboxylic acid groups (broad SMARTS) is 1. The second kappa shape index (κ2) is 7.81. The van der Waals surface area contributed by atoms with Crippen molar-refractivity contribution in [2.75, 3.05) is 0 Å². The lowest BCUT2D eigenvalue weighted by molar-refractivity contribution is -0.137. The number of aliphatic carboxylic acids is 1. The van der Waals surface area contributed by atoms with Crippen LogP contribution in [0.4, 0.5) is 0 Å². The van der Waals surface area contributed by atoms with Gasteiger partial charge in [0.25, 0.3) is 0 Å². The largest absolute Gasteiger partial charge is 0.481 e. The van der Waals surface area contributed by atoms with Crippen molar-refractivity contribution >= 4 is 11.9 Å². The molecule has 0 aliphatic heterocycles. The van der Waals surface area contributed by atoms with Crippen molar-refractivity contribution in [3.05, 3.63) is 35.9 Å². The number of carbonyl (C=O) groups excluding carboxylic acids is 1. The van der Waals surface area contributed by atoms with Crippen molar-refractivity contribution in [3.63, 3.8) is 0 Å². The van der Waals surface area contributed by atoms with Gasteiger partial charge in [0, 0.05) is 17.9 Å². The lowest BCUT2D eigenvalue weighted by Gasteiger charge is -2.26. The quantitative estimate of drug-likeness (QED) is 0.773. The molecule has 2 N–H and O–H groups in total. The summed E-state index contributed by atoms with van der Waals surface area (Å²) in [4.78, 5) is 23.1. The van der Waals surface area contributed by atoms with E-state index in [0.29, 0.717) is 12.8 Å². The SMILES string of the molecule is CCC(C)(C)C(=O)NC(CCC(=O)O)Cc1ccccc1. The van der Waals surface area contributed by atoms with E-state index in [1.54, 1.807) is 0 Å². The molecule has 0 fully saturated rings. The molecule has 1 unspecified atom stereocenters. The summed E-state index contributed by atoms with van der Waals surface area (Å²) in [6.45, 7) is 5.78. The van der Waals surface area contributed by atoms with E-state index in [4.69, 9.17) is 5.11 Å². The number of carboxylic acids is 1. The van der Waals surface area contributed by atoms with Crippen molar-refractivity contribution in [2.45, 2.75) is 52.5 Å². The maximum Gasteiger partial charge on any atom is 0.303 e. The van der Waals surface area contributed by atoms with E-state index in [0.717, 1.165) is 12.0 Å². The molecule has 116 valence electrons. The normalized spacial score (nSPS) is 12.7. The predicted molar refractivity (Wildman–Crippen MR) is 83.0 cm³/mol. The van der Waals surface area contributed by atoms with Gasteiger partial charge in [-0.05, 0) is 24.8 Å². The summed E-state index contributed by atoms with van der Waals surface area (Å²) in [5, 5.41) is 11.9. The third kappa shape index (κ3) is 5.98. The maximum absolute atomic E-state index is 12.3. The Morgan fingerprint density at radius 3 is 2.38 bits per heavy atom. The number of hydrogen-bond donors (Lipinski definition) is 2. The van der Waals surface area contributed by atoms with E-state index in [1.165, 1.54) is 0 Å². The van der Waals surface area contributed by atoms with Crippen molar-refractivity contribution in [2.24, 2.45) is 5.41 Å². The lowest BCUT2D eigenvalue weighted by Crippen LogP contribution is -2.43. The zero-order valence-corrected chi connectivity index (χ0v) is 13.1. The molecule has 0 aromatic heterocycles. The average molecular weight is 291 g/mol. The lowest BCUT2D eigenvalue weighted by atomic mass is 9.88. The molecule has 0 saturated heterocycles. The van der Waals surface area contributed by atoms with Gasteiger partial charge in [-0.25, -0.2) is 0 Å². The molecule has 1 amide bonds. The number of carbonyl (C=O) groups is 2. The summed E-state index contributed by atoms with van der Waals surface area (Å²) >= 11 is 0. The van der Waals surface area contributed by atoms with Crippen molar-refractivity contribution in [1.29, 1.82) is 0 Å². The standard InChI is InChI=1S/C17H25NO3/c1-4-17(2,3)16(21)18-14(10-11-15(19)20)12-13-8-6-5-7-9-13/h5-9,14H,4,10-12H2,1-3H3,(H,18,21)(H,19,20). The smallest absolute Gasteiger partial charge is 0.303 e. The first-order chi connectivity index (χ1) is 9.85. The van der Waals surface area contributed by atoms with Crippen LogP contribution in [0, 0.1) is 5.41 Å². The molecule has 4 nitrogen and oxygen atoms in total. The van der Waals surface area contributed by atoms with Crippen LogP contribution in [-0.4, -0.2) is 23.0 Å².